The summed E-state index contributed by atoms with van der Waals surface area (Å²) < 4.78 is 5.22. The van der Waals surface area contributed by atoms with E-state index in [4.69, 9.17) is 9.84 Å². The summed E-state index contributed by atoms with van der Waals surface area (Å²) in [6.07, 6.45) is 8.46. The van der Waals surface area contributed by atoms with E-state index in [-0.39, 0.29) is 37.6 Å². The number of hydrogen-bond donors (Lipinski definition) is 3. The summed E-state index contributed by atoms with van der Waals surface area (Å²) in [5.41, 5.74) is 0. The van der Waals surface area contributed by atoms with E-state index in [0.717, 1.165) is 6.42 Å². The number of nitrogens with zero attached hydrogens (tertiary/aromatic N) is 1. The third-order valence-corrected chi connectivity index (χ3v) is 3.12. The van der Waals surface area contributed by atoms with Crippen LogP contribution in [0.4, 0.5) is 0 Å². The maximum atomic E-state index is 10.6. The fourth-order valence-corrected chi connectivity index (χ4v) is 1.68. The number of unbranched alkanes of at least 4 members (excludes halogenated alkanes) is 3. The number of ether oxygens (including phenoxy) is 1. The van der Waals surface area contributed by atoms with Gasteiger partial charge >= 0.3 is 5.97 Å². The highest BCUT2D eigenvalue weighted by Crippen LogP contribution is 2.07. The highest BCUT2D eigenvalue weighted by molar-refractivity contribution is 5.66. The first-order chi connectivity index (χ1) is 9.60. The molecule has 0 atom stereocenters. The molecule has 0 aromatic carbocycles. The molecule has 3 N–H and O–H groups in total. The Bertz CT molecular complexity index is 277. The minimum Gasteiger partial charge on any atom is -0.481 e. The molecule has 0 radical (unpaired) electrons. The predicted molar refractivity (Wildman–Crippen MR) is 75.7 cm³/mol. The van der Waals surface area contributed by atoms with Crippen LogP contribution in [-0.4, -0.2) is 59.1 Å². The Morgan fingerprint density at radius 1 is 1.20 bits per heavy atom. The van der Waals surface area contributed by atoms with E-state index in [1.165, 1.54) is 19.3 Å². The first-order valence-electron chi connectivity index (χ1n) is 7.11. The van der Waals surface area contributed by atoms with Crippen molar-refractivity contribution in [3.63, 3.8) is 0 Å². The Morgan fingerprint density at radius 3 is 2.45 bits per heavy atom. The zero-order valence-electron chi connectivity index (χ0n) is 12.3. The van der Waals surface area contributed by atoms with Gasteiger partial charge in [-0.25, -0.2) is 0 Å². The summed E-state index contributed by atoms with van der Waals surface area (Å²) in [4.78, 5) is 10.6. The van der Waals surface area contributed by atoms with Crippen LogP contribution in [0.15, 0.2) is 12.2 Å². The largest absolute Gasteiger partial charge is 0.481 e. The van der Waals surface area contributed by atoms with Gasteiger partial charge in [0.05, 0.1) is 19.6 Å². The van der Waals surface area contributed by atoms with Crippen LogP contribution in [0.3, 0.4) is 0 Å². The van der Waals surface area contributed by atoms with Gasteiger partial charge in [-0.15, -0.1) is 0 Å². The van der Waals surface area contributed by atoms with Crippen LogP contribution in [-0.2, 0) is 9.53 Å². The Labute approximate surface area is 120 Å². The van der Waals surface area contributed by atoms with Gasteiger partial charge in [0.25, 0.3) is 0 Å². The average Bonchev–Trinajstić information content (AvgIpc) is 2.45. The molecule has 0 saturated carbocycles. The number of rotatable bonds is 13. The van der Waals surface area contributed by atoms with Crippen molar-refractivity contribution in [3.05, 3.63) is 12.2 Å². The minimum absolute atomic E-state index is 0.0968. The predicted octanol–water partition coefficient (Wildman–Crippen LogP) is 1.29. The summed E-state index contributed by atoms with van der Waals surface area (Å²) in [5.74, 6) is -0.954. The van der Waals surface area contributed by atoms with Gasteiger partial charge in [0, 0.05) is 0 Å². The zero-order valence-corrected chi connectivity index (χ0v) is 12.3. The number of allylic oxidation sites excluding steroid dienone is 1. The van der Waals surface area contributed by atoms with Crippen LogP contribution in [0.5, 0.6) is 0 Å². The molecule has 0 heterocycles. The average molecular weight is 290 g/mol. The molecule has 6 nitrogen and oxygen atoms in total. The van der Waals surface area contributed by atoms with Crippen LogP contribution in [0.25, 0.3) is 0 Å². The molecule has 0 rings (SSSR count). The second-order valence-electron chi connectivity index (χ2n) is 4.96. The van der Waals surface area contributed by atoms with Crippen molar-refractivity contribution in [1.82, 2.24) is 0 Å². The van der Waals surface area contributed by atoms with Crippen molar-refractivity contribution in [2.45, 2.75) is 39.0 Å². The molecule has 0 unspecified atom stereocenters. The molecule has 0 saturated heterocycles. The van der Waals surface area contributed by atoms with Gasteiger partial charge in [0.15, 0.2) is 20.2 Å². The lowest BCUT2D eigenvalue weighted by molar-refractivity contribution is -0.976. The lowest BCUT2D eigenvalue weighted by atomic mass is 10.2. The van der Waals surface area contributed by atoms with Gasteiger partial charge in [-0.05, 0) is 12.8 Å². The monoisotopic (exact) mass is 290 g/mol. The smallest absolute Gasteiger partial charge is 0.309 e. The zero-order chi connectivity index (χ0) is 15.3. The Morgan fingerprint density at radius 2 is 1.90 bits per heavy atom. The van der Waals surface area contributed by atoms with Gasteiger partial charge in [-0.1, -0.05) is 31.9 Å². The van der Waals surface area contributed by atoms with Gasteiger partial charge in [0.2, 0.25) is 0 Å². The number of aliphatic hydroxyl groups excluding tert-OH is 2. The highest BCUT2D eigenvalue weighted by Gasteiger charge is 2.26. The Hall–Kier alpha value is -0.950. The molecule has 0 aromatic rings. The van der Waals surface area contributed by atoms with E-state index in [1.807, 2.05) is 6.08 Å². The van der Waals surface area contributed by atoms with Crippen molar-refractivity contribution in [1.29, 1.82) is 0 Å². The molecule has 0 amide bonds. The van der Waals surface area contributed by atoms with Crippen molar-refractivity contribution in [2.75, 3.05) is 33.3 Å². The van der Waals surface area contributed by atoms with E-state index >= 15 is 0 Å². The van der Waals surface area contributed by atoms with Crippen LogP contribution in [0, 0.1) is 0 Å². The van der Waals surface area contributed by atoms with Gasteiger partial charge in [-0.3, -0.25) is 9.28 Å². The van der Waals surface area contributed by atoms with Gasteiger partial charge in [0.1, 0.15) is 0 Å². The molecule has 0 aliphatic rings. The summed E-state index contributed by atoms with van der Waals surface area (Å²) in [7, 11) is 0. The summed E-state index contributed by atoms with van der Waals surface area (Å²) >= 11 is 0. The van der Waals surface area contributed by atoms with Gasteiger partial charge in [-0.2, -0.15) is 0 Å². The van der Waals surface area contributed by atoms with E-state index in [2.05, 4.69) is 13.0 Å². The van der Waals surface area contributed by atoms with E-state index in [0.29, 0.717) is 6.61 Å². The Balaban J connectivity index is 3.93. The lowest BCUT2D eigenvalue weighted by Crippen LogP contribution is -2.52. The SMILES string of the molecule is CCCCC/C=C/COC[N+](CO)(CO)CCC(=O)O. The lowest BCUT2D eigenvalue weighted by Gasteiger charge is -2.33. The quantitative estimate of drug-likeness (QED) is 0.206. The molecular weight excluding hydrogens is 262 g/mol. The maximum absolute atomic E-state index is 10.6. The Kier molecular flexibility index (Phi) is 11.3. The molecular formula is C14H28NO5+. The highest BCUT2D eigenvalue weighted by atomic mass is 16.5. The van der Waals surface area contributed by atoms with E-state index in [9.17, 15) is 15.0 Å². The first-order valence-corrected chi connectivity index (χ1v) is 7.11. The molecule has 118 valence electrons. The van der Waals surface area contributed by atoms with Crippen LogP contribution in [0.1, 0.15) is 39.0 Å². The number of quaternary nitrogens is 1. The summed E-state index contributed by atoms with van der Waals surface area (Å²) in [6, 6.07) is 0. The number of aliphatic carboxylic acids is 1. The molecule has 0 aliphatic heterocycles. The van der Waals surface area contributed by atoms with Crippen LogP contribution < -0.4 is 0 Å². The number of carbonyl (C=O) groups is 1. The fraction of sp³-hybridized carbons (Fsp3) is 0.786. The topological polar surface area (TPSA) is 87.0 Å². The maximum Gasteiger partial charge on any atom is 0.309 e. The second-order valence-corrected chi connectivity index (χ2v) is 4.96. The van der Waals surface area contributed by atoms with Crippen LogP contribution in [0.2, 0.25) is 0 Å². The normalized spacial score (nSPS) is 12.2. The van der Waals surface area contributed by atoms with E-state index < -0.39 is 5.97 Å². The summed E-state index contributed by atoms with van der Waals surface area (Å²) in [6.45, 7) is 2.11. The van der Waals surface area contributed by atoms with Crippen molar-refractivity contribution >= 4 is 5.97 Å². The molecule has 0 bridgehead atoms. The number of carboxylic acids is 1. The molecule has 6 heteroatoms. The molecule has 0 aromatic heterocycles. The molecule has 0 aliphatic carbocycles. The fourth-order valence-electron chi connectivity index (χ4n) is 1.68. The van der Waals surface area contributed by atoms with Gasteiger partial charge < -0.3 is 20.1 Å². The number of carboxylic acid groups (broad SMARTS) is 1. The van der Waals surface area contributed by atoms with E-state index in [1.54, 1.807) is 0 Å². The molecule has 20 heavy (non-hydrogen) atoms. The van der Waals surface area contributed by atoms with Crippen molar-refractivity contribution in [2.24, 2.45) is 0 Å². The standard InChI is InChI=1S/C14H27NO5/c1-2-3-4-5-6-7-10-20-13-15(11-16,12-17)9-8-14(18)19/h6-7,16-17H,2-5,8-13H2,1H3/p+1/b7-6+. The number of aliphatic hydroxyl groups is 2. The summed E-state index contributed by atoms with van der Waals surface area (Å²) in [5, 5.41) is 27.3. The van der Waals surface area contributed by atoms with Crippen LogP contribution >= 0.6 is 0 Å². The van der Waals surface area contributed by atoms with Crippen molar-refractivity contribution in [3.8, 4) is 0 Å². The van der Waals surface area contributed by atoms with Crippen molar-refractivity contribution < 1.29 is 29.3 Å². The minimum atomic E-state index is -0.954. The third-order valence-electron chi connectivity index (χ3n) is 3.12. The molecule has 0 fully saturated rings. The number of hydrogen-bond acceptors (Lipinski definition) is 4. The third kappa shape index (κ3) is 9.03. The second kappa shape index (κ2) is 11.8. The molecule has 0 spiro atoms. The first kappa shape index (κ1) is 19.1.